The van der Waals surface area contributed by atoms with Gasteiger partial charge in [0.15, 0.2) is 0 Å². The summed E-state index contributed by atoms with van der Waals surface area (Å²) in [5.74, 6) is 0. The number of nitrogens with zero attached hydrogens (tertiary/aromatic N) is 2. The van der Waals surface area contributed by atoms with Crippen molar-refractivity contribution in [3.63, 3.8) is 0 Å². The second-order valence-electron chi connectivity index (χ2n) is 9.42. The second kappa shape index (κ2) is 12.4. The van der Waals surface area contributed by atoms with Gasteiger partial charge in [-0.05, 0) is 47.4 Å². The maximum absolute atomic E-state index is 13.3. The van der Waals surface area contributed by atoms with Gasteiger partial charge in [-0.25, -0.2) is 8.42 Å². The Labute approximate surface area is 222 Å². The Balaban J connectivity index is 1.35. The lowest BCUT2D eigenvalue weighted by atomic mass is 9.99. The minimum absolute atomic E-state index is 0.293. The molecule has 3 aromatic rings. The van der Waals surface area contributed by atoms with Crippen molar-refractivity contribution in [3.05, 3.63) is 101 Å². The van der Waals surface area contributed by atoms with Crippen LogP contribution in [0.1, 0.15) is 41.7 Å². The molecule has 1 heterocycles. The van der Waals surface area contributed by atoms with Crippen LogP contribution in [0.15, 0.2) is 83.8 Å². The quantitative estimate of drug-likeness (QED) is 0.324. The van der Waals surface area contributed by atoms with Gasteiger partial charge in [-0.3, -0.25) is 4.90 Å². The Morgan fingerprint density at radius 1 is 0.868 bits per heavy atom. The molecule has 1 saturated heterocycles. The van der Waals surface area contributed by atoms with Crippen LogP contribution in [0.4, 0.5) is 13.2 Å². The standard InChI is InChI=1S/C29H33F3N2O3S/c1-2-7-23-12-14-27(15-13-23)38(35,36)34-18-16-33(17-19-34)20-21-37-28(24-8-4-3-5-9-24)25-10-6-11-26(22-25)29(30,31)32/h3-6,8-15,22,28H,2,7,16-21H2,1H3/t28-/m1/s1. The summed E-state index contributed by atoms with van der Waals surface area (Å²) in [5.41, 5.74) is 1.62. The molecule has 4 rings (SSSR count). The van der Waals surface area contributed by atoms with Crippen molar-refractivity contribution in [2.45, 2.75) is 36.9 Å². The van der Waals surface area contributed by atoms with E-state index in [4.69, 9.17) is 4.74 Å². The van der Waals surface area contributed by atoms with E-state index in [0.29, 0.717) is 49.8 Å². The Hall–Kier alpha value is -2.72. The predicted octanol–water partition coefficient (Wildman–Crippen LogP) is 5.77. The number of sulfonamides is 1. The number of alkyl halides is 3. The van der Waals surface area contributed by atoms with E-state index in [-0.39, 0.29) is 0 Å². The number of piperazine rings is 1. The Morgan fingerprint density at radius 3 is 2.16 bits per heavy atom. The van der Waals surface area contributed by atoms with Gasteiger partial charge in [-0.2, -0.15) is 17.5 Å². The van der Waals surface area contributed by atoms with Gasteiger partial charge >= 0.3 is 6.18 Å². The van der Waals surface area contributed by atoms with Crippen LogP contribution in [0.2, 0.25) is 0 Å². The number of aryl methyl sites for hydroxylation is 1. The monoisotopic (exact) mass is 546 g/mol. The first-order valence-corrected chi connectivity index (χ1v) is 14.3. The third-order valence-electron chi connectivity index (χ3n) is 6.74. The molecular formula is C29H33F3N2O3S. The molecule has 1 aliphatic rings. The van der Waals surface area contributed by atoms with Crippen LogP contribution in [-0.4, -0.2) is 57.0 Å². The van der Waals surface area contributed by atoms with Gasteiger partial charge in [0.1, 0.15) is 6.10 Å². The van der Waals surface area contributed by atoms with Gasteiger partial charge in [-0.1, -0.05) is 67.9 Å². The van der Waals surface area contributed by atoms with E-state index in [2.05, 4.69) is 11.8 Å². The molecule has 1 aliphatic heterocycles. The first-order valence-electron chi connectivity index (χ1n) is 12.8. The molecule has 38 heavy (non-hydrogen) atoms. The van der Waals surface area contributed by atoms with Crippen molar-refractivity contribution in [2.24, 2.45) is 0 Å². The van der Waals surface area contributed by atoms with Gasteiger partial charge in [-0.15, -0.1) is 0 Å². The fourth-order valence-corrected chi connectivity index (χ4v) is 6.07. The number of ether oxygens (including phenoxy) is 1. The smallest absolute Gasteiger partial charge is 0.367 e. The SMILES string of the molecule is CCCc1ccc(S(=O)(=O)N2CCN(CCO[C@H](c3ccccc3)c3cccc(C(F)(F)F)c3)CC2)cc1. The lowest BCUT2D eigenvalue weighted by Crippen LogP contribution is -2.49. The molecule has 0 N–H and O–H groups in total. The molecule has 1 fully saturated rings. The van der Waals surface area contributed by atoms with E-state index < -0.39 is 27.9 Å². The molecule has 204 valence electrons. The number of rotatable bonds is 10. The molecule has 0 radical (unpaired) electrons. The average Bonchev–Trinajstić information content (AvgIpc) is 2.92. The van der Waals surface area contributed by atoms with E-state index in [1.54, 1.807) is 18.2 Å². The molecular weight excluding hydrogens is 513 g/mol. The maximum Gasteiger partial charge on any atom is 0.416 e. The highest BCUT2D eigenvalue weighted by molar-refractivity contribution is 7.89. The molecule has 9 heteroatoms. The minimum Gasteiger partial charge on any atom is -0.367 e. The molecule has 0 bridgehead atoms. The first kappa shape index (κ1) is 28.3. The van der Waals surface area contributed by atoms with Crippen molar-refractivity contribution in [1.82, 2.24) is 9.21 Å². The molecule has 3 aromatic carbocycles. The summed E-state index contributed by atoms with van der Waals surface area (Å²) in [4.78, 5) is 2.42. The Morgan fingerprint density at radius 2 is 1.53 bits per heavy atom. The summed E-state index contributed by atoms with van der Waals surface area (Å²) >= 11 is 0. The maximum atomic E-state index is 13.3. The summed E-state index contributed by atoms with van der Waals surface area (Å²) < 4.78 is 73.7. The third kappa shape index (κ3) is 7.02. The zero-order valence-electron chi connectivity index (χ0n) is 21.4. The van der Waals surface area contributed by atoms with E-state index in [1.807, 2.05) is 42.5 Å². The molecule has 0 aromatic heterocycles. The molecule has 0 saturated carbocycles. The van der Waals surface area contributed by atoms with Crippen molar-refractivity contribution >= 4 is 10.0 Å². The van der Waals surface area contributed by atoms with Gasteiger partial charge in [0, 0.05) is 32.7 Å². The van der Waals surface area contributed by atoms with E-state index >= 15 is 0 Å². The largest absolute Gasteiger partial charge is 0.416 e. The average molecular weight is 547 g/mol. The van der Waals surface area contributed by atoms with Crippen molar-refractivity contribution in [1.29, 1.82) is 0 Å². The zero-order valence-corrected chi connectivity index (χ0v) is 22.2. The minimum atomic E-state index is -4.44. The van der Waals surface area contributed by atoms with Gasteiger partial charge in [0.05, 0.1) is 17.1 Å². The molecule has 0 amide bonds. The second-order valence-corrected chi connectivity index (χ2v) is 11.4. The van der Waals surface area contributed by atoms with Crippen molar-refractivity contribution < 1.29 is 26.3 Å². The fraction of sp³-hybridized carbons (Fsp3) is 0.379. The van der Waals surface area contributed by atoms with Crippen LogP contribution in [0, 0.1) is 0 Å². The number of hydrogen-bond donors (Lipinski definition) is 0. The summed E-state index contributed by atoms with van der Waals surface area (Å²) in [6.45, 7) is 4.77. The van der Waals surface area contributed by atoms with Crippen LogP contribution >= 0.6 is 0 Å². The normalized spacial score (nSPS) is 16.4. The summed E-state index contributed by atoms with van der Waals surface area (Å²) in [6.07, 6.45) is -3.16. The zero-order chi connectivity index (χ0) is 27.2. The molecule has 1 atom stereocenters. The summed E-state index contributed by atoms with van der Waals surface area (Å²) in [7, 11) is -3.56. The lowest BCUT2D eigenvalue weighted by Gasteiger charge is -2.34. The highest BCUT2D eigenvalue weighted by Gasteiger charge is 2.32. The van der Waals surface area contributed by atoms with Crippen molar-refractivity contribution in [2.75, 3.05) is 39.3 Å². The molecule has 0 aliphatic carbocycles. The third-order valence-corrected chi connectivity index (χ3v) is 8.65. The highest BCUT2D eigenvalue weighted by Crippen LogP contribution is 2.33. The van der Waals surface area contributed by atoms with Crippen LogP contribution in [0.25, 0.3) is 0 Å². The van der Waals surface area contributed by atoms with E-state index in [0.717, 1.165) is 36.1 Å². The van der Waals surface area contributed by atoms with Crippen LogP contribution in [0.5, 0.6) is 0 Å². The summed E-state index contributed by atoms with van der Waals surface area (Å²) in [6, 6.07) is 21.5. The highest BCUT2D eigenvalue weighted by atomic mass is 32.2. The topological polar surface area (TPSA) is 49.9 Å². The van der Waals surface area contributed by atoms with Crippen molar-refractivity contribution in [3.8, 4) is 0 Å². The number of hydrogen-bond acceptors (Lipinski definition) is 4. The predicted molar refractivity (Wildman–Crippen MR) is 141 cm³/mol. The molecule has 5 nitrogen and oxygen atoms in total. The Kier molecular flexibility index (Phi) is 9.25. The molecule has 0 unspecified atom stereocenters. The van der Waals surface area contributed by atoms with E-state index in [1.165, 1.54) is 10.4 Å². The number of benzene rings is 3. The van der Waals surface area contributed by atoms with Crippen LogP contribution < -0.4 is 0 Å². The number of halogens is 3. The van der Waals surface area contributed by atoms with Gasteiger partial charge in [0.25, 0.3) is 0 Å². The Bertz CT molecular complexity index is 1270. The summed E-state index contributed by atoms with van der Waals surface area (Å²) in [5, 5.41) is 0. The van der Waals surface area contributed by atoms with Gasteiger partial charge < -0.3 is 4.74 Å². The van der Waals surface area contributed by atoms with Gasteiger partial charge in [0.2, 0.25) is 10.0 Å². The lowest BCUT2D eigenvalue weighted by molar-refractivity contribution is -0.137. The van der Waals surface area contributed by atoms with E-state index in [9.17, 15) is 21.6 Å². The van der Waals surface area contributed by atoms with Crippen LogP contribution in [0.3, 0.4) is 0 Å². The fourth-order valence-electron chi connectivity index (χ4n) is 4.65. The molecule has 0 spiro atoms. The van der Waals surface area contributed by atoms with Crippen LogP contribution in [-0.2, 0) is 27.4 Å². The first-order chi connectivity index (χ1) is 18.2.